The fourth-order valence-corrected chi connectivity index (χ4v) is 2.02. The second kappa shape index (κ2) is 15.6. The first-order valence-electron chi connectivity index (χ1n) is 8.77. The van der Waals surface area contributed by atoms with Gasteiger partial charge in [-0.3, -0.25) is 9.98 Å². The molecule has 0 unspecified atom stereocenters. The summed E-state index contributed by atoms with van der Waals surface area (Å²) in [6, 6.07) is 4.18. The largest absolute Gasteiger partial charge is 0.381 e. The molecule has 0 aliphatic heterocycles. The lowest BCUT2D eigenvalue weighted by atomic mass is 10.2. The third-order valence-corrected chi connectivity index (χ3v) is 3.38. The molecule has 5 nitrogen and oxygen atoms in total. The number of aromatic nitrogens is 1. The summed E-state index contributed by atoms with van der Waals surface area (Å²) >= 11 is 0. The Bertz CT molecular complexity index is 437. The molecule has 0 saturated heterocycles. The molecule has 1 aromatic rings. The van der Waals surface area contributed by atoms with Crippen molar-refractivity contribution in [3.05, 3.63) is 29.6 Å². The molecule has 0 fully saturated rings. The van der Waals surface area contributed by atoms with Crippen molar-refractivity contribution in [2.24, 2.45) is 4.99 Å². The monoisotopic (exact) mass is 448 g/mol. The number of hydrogen-bond acceptors (Lipinski definition) is 3. The van der Waals surface area contributed by atoms with E-state index in [2.05, 4.69) is 40.5 Å². The van der Waals surface area contributed by atoms with E-state index in [1.165, 1.54) is 12.0 Å². The molecule has 0 atom stereocenters. The van der Waals surface area contributed by atoms with Gasteiger partial charge in [0.25, 0.3) is 0 Å². The smallest absolute Gasteiger partial charge is 0.191 e. The number of ether oxygens (including phenoxy) is 1. The van der Waals surface area contributed by atoms with Gasteiger partial charge in [0.05, 0.1) is 0 Å². The summed E-state index contributed by atoms with van der Waals surface area (Å²) < 4.78 is 5.55. The first-order valence-corrected chi connectivity index (χ1v) is 8.77. The lowest BCUT2D eigenvalue weighted by Gasteiger charge is -2.11. The van der Waals surface area contributed by atoms with Gasteiger partial charge in [-0.25, -0.2) is 0 Å². The van der Waals surface area contributed by atoms with E-state index in [0.29, 0.717) is 0 Å². The van der Waals surface area contributed by atoms with Crippen molar-refractivity contribution in [1.29, 1.82) is 0 Å². The van der Waals surface area contributed by atoms with Crippen LogP contribution >= 0.6 is 24.0 Å². The van der Waals surface area contributed by atoms with Gasteiger partial charge in [-0.2, -0.15) is 0 Å². The zero-order valence-electron chi connectivity index (χ0n) is 15.3. The van der Waals surface area contributed by atoms with E-state index in [4.69, 9.17) is 4.74 Å². The second-order valence-corrected chi connectivity index (χ2v) is 5.56. The molecule has 1 heterocycles. The highest BCUT2D eigenvalue weighted by molar-refractivity contribution is 14.0. The third kappa shape index (κ3) is 11.6. The Morgan fingerprint density at radius 3 is 2.62 bits per heavy atom. The topological polar surface area (TPSA) is 58.5 Å². The van der Waals surface area contributed by atoms with E-state index in [1.807, 2.05) is 19.2 Å². The highest BCUT2D eigenvalue weighted by atomic mass is 127. The van der Waals surface area contributed by atoms with E-state index in [0.717, 1.165) is 63.8 Å². The van der Waals surface area contributed by atoms with Crippen molar-refractivity contribution in [2.45, 2.75) is 46.5 Å². The summed E-state index contributed by atoms with van der Waals surface area (Å²) in [5.41, 5.74) is 2.29. The average Bonchev–Trinajstić information content (AvgIpc) is 2.56. The summed E-state index contributed by atoms with van der Waals surface area (Å²) in [5, 5.41) is 6.64. The number of rotatable bonds is 11. The van der Waals surface area contributed by atoms with E-state index in [9.17, 15) is 0 Å². The van der Waals surface area contributed by atoms with E-state index >= 15 is 0 Å². The van der Waals surface area contributed by atoms with Crippen molar-refractivity contribution < 1.29 is 4.74 Å². The number of pyridine rings is 1. The Labute approximate surface area is 164 Å². The van der Waals surface area contributed by atoms with Gasteiger partial charge in [-0.15, -0.1) is 24.0 Å². The molecule has 0 aliphatic carbocycles. The summed E-state index contributed by atoms with van der Waals surface area (Å²) in [7, 11) is 0. The molecular weight excluding hydrogens is 415 g/mol. The first kappa shape index (κ1) is 23.1. The number of aliphatic imine (C=N–C) groups is 1. The predicted molar refractivity (Wildman–Crippen MR) is 112 cm³/mol. The third-order valence-electron chi connectivity index (χ3n) is 3.38. The van der Waals surface area contributed by atoms with Gasteiger partial charge in [0.15, 0.2) is 5.96 Å². The summed E-state index contributed by atoms with van der Waals surface area (Å²) in [5.74, 6) is 0.876. The van der Waals surface area contributed by atoms with E-state index < -0.39 is 0 Å². The minimum absolute atomic E-state index is 0. The fraction of sp³-hybridized carbons (Fsp3) is 0.667. The van der Waals surface area contributed by atoms with Crippen molar-refractivity contribution in [1.82, 2.24) is 15.6 Å². The number of aryl methyl sites for hydroxylation is 1. The van der Waals surface area contributed by atoms with Crippen LogP contribution < -0.4 is 10.6 Å². The maximum Gasteiger partial charge on any atom is 0.191 e. The molecular formula is C18H33IN4O. The van der Waals surface area contributed by atoms with Crippen LogP contribution in [0.25, 0.3) is 0 Å². The van der Waals surface area contributed by atoms with Gasteiger partial charge < -0.3 is 15.4 Å². The lowest BCUT2D eigenvalue weighted by molar-refractivity contribution is 0.130. The number of unbranched alkanes of at least 4 members (excludes halogenated alkanes) is 1. The Balaban J connectivity index is 0.00000529. The van der Waals surface area contributed by atoms with Crippen molar-refractivity contribution >= 4 is 29.9 Å². The van der Waals surface area contributed by atoms with Crippen LogP contribution in [0.15, 0.2) is 23.3 Å². The van der Waals surface area contributed by atoms with Crippen LogP contribution in [-0.4, -0.2) is 43.8 Å². The quantitative estimate of drug-likeness (QED) is 0.236. The van der Waals surface area contributed by atoms with E-state index in [-0.39, 0.29) is 24.0 Å². The van der Waals surface area contributed by atoms with Gasteiger partial charge in [-0.05, 0) is 44.7 Å². The van der Waals surface area contributed by atoms with Crippen LogP contribution in [0.1, 0.15) is 44.4 Å². The zero-order chi connectivity index (χ0) is 16.8. The minimum atomic E-state index is 0. The number of halogens is 1. The van der Waals surface area contributed by atoms with Gasteiger partial charge in [-0.1, -0.05) is 19.4 Å². The first-order chi connectivity index (χ1) is 11.3. The number of nitrogens with one attached hydrogen (secondary N) is 2. The van der Waals surface area contributed by atoms with Crippen LogP contribution in [-0.2, 0) is 11.2 Å². The highest BCUT2D eigenvalue weighted by Crippen LogP contribution is 1.99. The molecule has 2 N–H and O–H groups in total. The Hall–Kier alpha value is -0.890. The molecule has 0 spiro atoms. The van der Waals surface area contributed by atoms with E-state index in [1.54, 1.807) is 0 Å². The fourth-order valence-electron chi connectivity index (χ4n) is 2.02. The van der Waals surface area contributed by atoms with Gasteiger partial charge >= 0.3 is 0 Å². The SMILES string of the molecule is CCCCOCCCN=C(NCC)NCCc1ccc(C)nc1.I. The van der Waals surface area contributed by atoms with Crippen molar-refractivity contribution in [3.8, 4) is 0 Å². The maximum absolute atomic E-state index is 5.55. The molecule has 0 amide bonds. The van der Waals surface area contributed by atoms with Crippen LogP contribution in [0.2, 0.25) is 0 Å². The molecule has 0 aliphatic rings. The predicted octanol–water partition coefficient (Wildman–Crippen LogP) is 3.31. The summed E-state index contributed by atoms with van der Waals surface area (Å²) in [6.45, 7) is 10.4. The summed E-state index contributed by atoms with van der Waals surface area (Å²) in [6.07, 6.45) is 6.17. The second-order valence-electron chi connectivity index (χ2n) is 5.56. The molecule has 0 saturated carbocycles. The van der Waals surface area contributed by atoms with Gasteiger partial charge in [0.1, 0.15) is 0 Å². The minimum Gasteiger partial charge on any atom is -0.381 e. The Kier molecular flexibility index (Phi) is 15.0. The molecule has 1 aromatic heterocycles. The molecule has 0 bridgehead atoms. The molecule has 0 radical (unpaired) electrons. The van der Waals surface area contributed by atoms with Crippen molar-refractivity contribution in [3.63, 3.8) is 0 Å². The van der Waals surface area contributed by atoms with Crippen molar-refractivity contribution in [2.75, 3.05) is 32.8 Å². The lowest BCUT2D eigenvalue weighted by Crippen LogP contribution is -2.38. The Morgan fingerprint density at radius 1 is 1.17 bits per heavy atom. The van der Waals surface area contributed by atoms with Crippen LogP contribution in [0.5, 0.6) is 0 Å². The number of guanidine groups is 1. The normalized spacial score (nSPS) is 11.0. The van der Waals surface area contributed by atoms with Gasteiger partial charge in [0.2, 0.25) is 0 Å². The Morgan fingerprint density at radius 2 is 1.96 bits per heavy atom. The van der Waals surface area contributed by atoms with Crippen LogP contribution in [0.4, 0.5) is 0 Å². The average molecular weight is 448 g/mol. The zero-order valence-corrected chi connectivity index (χ0v) is 17.6. The molecule has 24 heavy (non-hydrogen) atoms. The molecule has 6 heteroatoms. The standard InChI is InChI=1S/C18H32N4O.HI/c1-4-6-13-23-14-7-11-20-18(19-5-2)21-12-10-17-9-8-16(3)22-15-17;/h8-9,15H,4-7,10-14H2,1-3H3,(H2,19,20,21);1H. The number of hydrogen-bond donors (Lipinski definition) is 2. The number of nitrogens with zero attached hydrogens (tertiary/aromatic N) is 2. The molecule has 0 aromatic carbocycles. The highest BCUT2D eigenvalue weighted by Gasteiger charge is 1.98. The summed E-state index contributed by atoms with van der Waals surface area (Å²) in [4.78, 5) is 8.89. The molecule has 1 rings (SSSR count). The molecule has 138 valence electrons. The van der Waals surface area contributed by atoms with Gasteiger partial charge in [0, 0.05) is 44.7 Å². The van der Waals surface area contributed by atoms with Crippen LogP contribution in [0, 0.1) is 6.92 Å². The van der Waals surface area contributed by atoms with Crippen LogP contribution in [0.3, 0.4) is 0 Å². The maximum atomic E-state index is 5.55.